The Hall–Kier alpha value is -4.10. The zero-order valence-electron chi connectivity index (χ0n) is 18.6. The van der Waals surface area contributed by atoms with E-state index in [1.165, 1.54) is 27.9 Å². The number of hydrogen-bond acceptors (Lipinski definition) is 1. The van der Waals surface area contributed by atoms with Crippen molar-refractivity contribution in [3.63, 3.8) is 0 Å². The van der Waals surface area contributed by atoms with Gasteiger partial charge in [0.25, 0.3) is 0 Å². The summed E-state index contributed by atoms with van der Waals surface area (Å²) in [4.78, 5) is 2.35. The summed E-state index contributed by atoms with van der Waals surface area (Å²) in [7, 11) is 0. The summed E-state index contributed by atoms with van der Waals surface area (Å²) in [6.07, 6.45) is 1.82. The van der Waals surface area contributed by atoms with Gasteiger partial charge in [-0.2, -0.15) is 0 Å². The van der Waals surface area contributed by atoms with E-state index in [-0.39, 0.29) is 0 Å². The van der Waals surface area contributed by atoms with Crippen LogP contribution in [-0.2, 0) is 12.8 Å². The van der Waals surface area contributed by atoms with Gasteiger partial charge in [0.15, 0.2) is 0 Å². The molecule has 5 rings (SSSR count). The van der Waals surface area contributed by atoms with Gasteiger partial charge in [-0.25, -0.2) is 0 Å². The maximum absolute atomic E-state index is 2.36. The summed E-state index contributed by atoms with van der Waals surface area (Å²) < 4.78 is 0. The van der Waals surface area contributed by atoms with Gasteiger partial charge >= 0.3 is 0 Å². The average Bonchev–Trinajstić information content (AvgIpc) is 2.87. The molecule has 1 heteroatoms. The van der Waals surface area contributed by atoms with Crippen molar-refractivity contribution in [2.75, 3.05) is 4.90 Å². The lowest BCUT2D eigenvalue weighted by Gasteiger charge is -2.26. The van der Waals surface area contributed by atoms with Crippen molar-refractivity contribution >= 4 is 17.1 Å². The van der Waals surface area contributed by atoms with Gasteiger partial charge in [0.2, 0.25) is 0 Å². The summed E-state index contributed by atoms with van der Waals surface area (Å²) >= 11 is 0. The SMILES string of the molecule is c1ccc(Cc2cc(Cc3ccccc3)cc(N(c3ccccc3)c3ccccc3)c2)cc1. The zero-order valence-corrected chi connectivity index (χ0v) is 18.6. The summed E-state index contributed by atoms with van der Waals surface area (Å²) in [5, 5.41) is 0. The summed E-state index contributed by atoms with van der Waals surface area (Å²) in [5.74, 6) is 0. The molecule has 0 atom stereocenters. The molecule has 5 aromatic carbocycles. The lowest BCUT2D eigenvalue weighted by molar-refractivity contribution is 1.13. The van der Waals surface area contributed by atoms with E-state index in [9.17, 15) is 0 Å². The third-order valence-corrected chi connectivity index (χ3v) is 5.83. The van der Waals surface area contributed by atoms with Gasteiger partial charge in [-0.15, -0.1) is 0 Å². The Morgan fingerprint density at radius 1 is 0.333 bits per heavy atom. The predicted octanol–water partition coefficient (Wildman–Crippen LogP) is 8.34. The summed E-state index contributed by atoms with van der Waals surface area (Å²) in [6.45, 7) is 0. The smallest absolute Gasteiger partial charge is 0.0467 e. The van der Waals surface area contributed by atoms with E-state index in [1.54, 1.807) is 0 Å². The molecule has 0 bridgehead atoms. The molecule has 0 N–H and O–H groups in total. The molecule has 0 radical (unpaired) electrons. The van der Waals surface area contributed by atoms with Crippen molar-refractivity contribution in [1.29, 1.82) is 0 Å². The van der Waals surface area contributed by atoms with Crippen LogP contribution >= 0.6 is 0 Å². The minimum Gasteiger partial charge on any atom is -0.310 e. The average molecular weight is 426 g/mol. The molecule has 0 unspecified atom stereocenters. The highest BCUT2D eigenvalue weighted by Crippen LogP contribution is 2.36. The third-order valence-electron chi connectivity index (χ3n) is 5.83. The van der Waals surface area contributed by atoms with Crippen molar-refractivity contribution in [3.8, 4) is 0 Å². The molecule has 0 aliphatic carbocycles. The van der Waals surface area contributed by atoms with Crippen LogP contribution in [0.15, 0.2) is 140 Å². The highest BCUT2D eigenvalue weighted by atomic mass is 15.1. The number of benzene rings is 5. The molecule has 0 fully saturated rings. The monoisotopic (exact) mass is 425 g/mol. The van der Waals surface area contributed by atoms with Crippen LogP contribution in [0.2, 0.25) is 0 Å². The lowest BCUT2D eigenvalue weighted by Crippen LogP contribution is -2.11. The second-order valence-corrected chi connectivity index (χ2v) is 8.34. The lowest BCUT2D eigenvalue weighted by atomic mass is 9.97. The van der Waals surface area contributed by atoms with E-state index in [4.69, 9.17) is 0 Å². The molecule has 0 aliphatic heterocycles. The van der Waals surface area contributed by atoms with Crippen LogP contribution < -0.4 is 4.90 Å². The molecule has 0 heterocycles. The van der Waals surface area contributed by atoms with E-state index < -0.39 is 0 Å². The normalized spacial score (nSPS) is 10.7. The molecule has 0 saturated heterocycles. The molecule has 160 valence electrons. The number of para-hydroxylation sites is 2. The molecule has 5 aromatic rings. The standard InChI is InChI=1S/C32H27N/c1-5-13-26(14-6-1)21-28-23-29(22-27-15-7-2-8-16-27)25-32(24-28)33(30-17-9-3-10-18-30)31-19-11-4-12-20-31/h1-20,23-25H,21-22H2. The van der Waals surface area contributed by atoms with Crippen molar-refractivity contribution in [2.24, 2.45) is 0 Å². The van der Waals surface area contributed by atoms with Gasteiger partial charge in [0, 0.05) is 17.1 Å². The zero-order chi connectivity index (χ0) is 22.3. The highest BCUT2D eigenvalue weighted by molar-refractivity contribution is 5.77. The first-order valence-electron chi connectivity index (χ1n) is 11.5. The summed E-state index contributed by atoms with van der Waals surface area (Å²) in [6, 6.07) is 49.7. The number of anilines is 3. The van der Waals surface area contributed by atoms with Crippen LogP contribution in [-0.4, -0.2) is 0 Å². The number of nitrogens with zero attached hydrogens (tertiary/aromatic N) is 1. The first-order valence-corrected chi connectivity index (χ1v) is 11.5. The van der Waals surface area contributed by atoms with Crippen LogP contribution in [0.1, 0.15) is 22.3 Å². The molecule has 0 saturated carbocycles. The van der Waals surface area contributed by atoms with E-state index in [0.29, 0.717) is 0 Å². The predicted molar refractivity (Wildman–Crippen MR) is 140 cm³/mol. The largest absolute Gasteiger partial charge is 0.310 e. The maximum Gasteiger partial charge on any atom is 0.0467 e. The fourth-order valence-corrected chi connectivity index (χ4v) is 4.34. The maximum atomic E-state index is 2.36. The minimum absolute atomic E-state index is 0.911. The molecule has 0 aromatic heterocycles. The first-order chi connectivity index (χ1) is 16.3. The van der Waals surface area contributed by atoms with Crippen LogP contribution in [0.4, 0.5) is 17.1 Å². The van der Waals surface area contributed by atoms with Gasteiger partial charge in [-0.1, -0.05) is 103 Å². The summed E-state index contributed by atoms with van der Waals surface area (Å²) in [5.41, 5.74) is 8.80. The Balaban J connectivity index is 1.62. The fourth-order valence-electron chi connectivity index (χ4n) is 4.34. The molecular formula is C32H27N. The molecule has 33 heavy (non-hydrogen) atoms. The molecule has 0 amide bonds. The number of rotatable bonds is 7. The molecule has 0 aliphatic rings. The molecular weight excluding hydrogens is 398 g/mol. The molecule has 0 spiro atoms. The van der Waals surface area contributed by atoms with Gasteiger partial charge in [0.05, 0.1) is 0 Å². The van der Waals surface area contributed by atoms with Crippen LogP contribution in [0.5, 0.6) is 0 Å². The van der Waals surface area contributed by atoms with Crippen molar-refractivity contribution < 1.29 is 0 Å². The van der Waals surface area contributed by atoms with Crippen LogP contribution in [0, 0.1) is 0 Å². The van der Waals surface area contributed by atoms with Crippen molar-refractivity contribution in [2.45, 2.75) is 12.8 Å². The van der Waals surface area contributed by atoms with E-state index in [0.717, 1.165) is 24.2 Å². The second kappa shape index (κ2) is 10.0. The van der Waals surface area contributed by atoms with Crippen molar-refractivity contribution in [1.82, 2.24) is 0 Å². The Morgan fingerprint density at radius 2 is 0.697 bits per heavy atom. The number of hydrogen-bond donors (Lipinski definition) is 0. The Labute approximate surface area is 196 Å². The second-order valence-electron chi connectivity index (χ2n) is 8.34. The van der Waals surface area contributed by atoms with E-state index >= 15 is 0 Å². The topological polar surface area (TPSA) is 3.24 Å². The van der Waals surface area contributed by atoms with Gasteiger partial charge in [0.1, 0.15) is 0 Å². The Morgan fingerprint density at radius 3 is 1.09 bits per heavy atom. The van der Waals surface area contributed by atoms with E-state index in [1.807, 2.05) is 0 Å². The van der Waals surface area contributed by atoms with Gasteiger partial charge in [-0.3, -0.25) is 0 Å². The van der Waals surface area contributed by atoms with Crippen LogP contribution in [0.3, 0.4) is 0 Å². The minimum atomic E-state index is 0.911. The highest BCUT2D eigenvalue weighted by Gasteiger charge is 2.14. The third kappa shape index (κ3) is 5.22. The fraction of sp³-hybridized carbons (Fsp3) is 0.0625. The Bertz CT molecular complexity index is 1180. The van der Waals surface area contributed by atoms with E-state index in [2.05, 4.69) is 144 Å². The van der Waals surface area contributed by atoms with Crippen molar-refractivity contribution in [3.05, 3.63) is 162 Å². The molecule has 1 nitrogen and oxygen atoms in total. The van der Waals surface area contributed by atoms with Gasteiger partial charge < -0.3 is 4.90 Å². The quantitative estimate of drug-likeness (QED) is 0.253. The Kier molecular flexibility index (Phi) is 6.31. The van der Waals surface area contributed by atoms with Gasteiger partial charge in [-0.05, 0) is 71.5 Å². The first kappa shape index (κ1) is 20.8. The van der Waals surface area contributed by atoms with Crippen LogP contribution in [0.25, 0.3) is 0 Å².